The van der Waals surface area contributed by atoms with E-state index >= 15 is 0 Å². The van der Waals surface area contributed by atoms with Crippen LogP contribution in [0, 0.1) is 34.5 Å². The van der Waals surface area contributed by atoms with E-state index in [1.54, 1.807) is 0 Å². The molecule has 0 spiro atoms. The number of hydrogen-bond donors (Lipinski definition) is 2. The Bertz CT molecular complexity index is 531. The lowest BCUT2D eigenvalue weighted by Crippen LogP contribution is -2.58. The first-order chi connectivity index (χ1) is 11.4. The quantitative estimate of drug-likeness (QED) is 0.722. The first-order valence-electron chi connectivity index (χ1n) is 10.4. The normalized spacial score (nSPS) is 62.5. The van der Waals surface area contributed by atoms with E-state index in [0.29, 0.717) is 11.3 Å². The molecule has 1 heterocycles. The molecule has 1 aliphatic heterocycles. The van der Waals surface area contributed by atoms with Crippen molar-refractivity contribution < 1.29 is 14.9 Å². The molecule has 0 radical (unpaired) electrons. The van der Waals surface area contributed by atoms with Crippen molar-refractivity contribution in [3.05, 3.63) is 0 Å². The van der Waals surface area contributed by atoms with E-state index < -0.39 is 5.60 Å². The molecule has 1 saturated heterocycles. The van der Waals surface area contributed by atoms with Crippen molar-refractivity contribution >= 4 is 0 Å². The van der Waals surface area contributed by atoms with Crippen LogP contribution in [0.2, 0.25) is 0 Å². The molecule has 0 amide bonds. The molecule has 5 rings (SSSR count). The molecular formula is C21H34O3. The molecule has 24 heavy (non-hydrogen) atoms. The smallest absolute Gasteiger partial charge is 0.110 e. The molecule has 0 aromatic carbocycles. The molecule has 5 aliphatic rings. The van der Waals surface area contributed by atoms with Crippen molar-refractivity contribution in [3.8, 4) is 0 Å². The van der Waals surface area contributed by atoms with Gasteiger partial charge in [-0.05, 0) is 86.9 Å². The third-order valence-electron chi connectivity index (χ3n) is 9.72. The lowest BCUT2D eigenvalue weighted by atomic mass is 9.44. The predicted octanol–water partition coefficient (Wildman–Crippen LogP) is 3.52. The van der Waals surface area contributed by atoms with Gasteiger partial charge in [0.2, 0.25) is 0 Å². The molecule has 2 unspecified atom stereocenters. The monoisotopic (exact) mass is 334 g/mol. The van der Waals surface area contributed by atoms with E-state index in [9.17, 15) is 10.2 Å². The number of aliphatic hydroxyl groups is 2. The van der Waals surface area contributed by atoms with Crippen molar-refractivity contribution in [2.45, 2.75) is 89.4 Å². The second-order valence-electron chi connectivity index (χ2n) is 10.3. The first kappa shape index (κ1) is 16.1. The Labute approximate surface area is 146 Å². The number of rotatable bonds is 1. The van der Waals surface area contributed by atoms with Gasteiger partial charge >= 0.3 is 0 Å². The third-order valence-corrected chi connectivity index (χ3v) is 9.72. The maximum absolute atomic E-state index is 11.4. The summed E-state index contributed by atoms with van der Waals surface area (Å²) in [4.78, 5) is 0. The summed E-state index contributed by atoms with van der Waals surface area (Å²) < 4.78 is 5.59. The zero-order valence-electron chi connectivity index (χ0n) is 15.3. The van der Waals surface area contributed by atoms with E-state index in [2.05, 4.69) is 13.8 Å². The van der Waals surface area contributed by atoms with Gasteiger partial charge in [0.25, 0.3) is 0 Å². The van der Waals surface area contributed by atoms with Crippen molar-refractivity contribution in [2.24, 2.45) is 34.5 Å². The topological polar surface area (TPSA) is 53.0 Å². The lowest BCUT2D eigenvalue weighted by molar-refractivity contribution is -0.163. The van der Waals surface area contributed by atoms with Gasteiger partial charge in [0.15, 0.2) is 0 Å². The highest BCUT2D eigenvalue weighted by Crippen LogP contribution is 2.69. The van der Waals surface area contributed by atoms with Crippen molar-refractivity contribution in [3.63, 3.8) is 0 Å². The van der Waals surface area contributed by atoms with E-state index in [0.717, 1.165) is 43.6 Å². The Balaban J connectivity index is 1.45. The van der Waals surface area contributed by atoms with Crippen LogP contribution in [0.15, 0.2) is 0 Å². The molecule has 5 fully saturated rings. The summed E-state index contributed by atoms with van der Waals surface area (Å²) in [5.74, 6) is 2.99. The Hall–Kier alpha value is -0.120. The van der Waals surface area contributed by atoms with Gasteiger partial charge in [-0.25, -0.2) is 0 Å². The van der Waals surface area contributed by atoms with Crippen LogP contribution in [-0.2, 0) is 4.74 Å². The number of fused-ring (bicyclic) bond motifs is 5. The summed E-state index contributed by atoms with van der Waals surface area (Å²) in [6.45, 7) is 5.68. The summed E-state index contributed by atoms with van der Waals surface area (Å²) in [5, 5.41) is 21.6. The van der Waals surface area contributed by atoms with Gasteiger partial charge < -0.3 is 14.9 Å². The zero-order chi connectivity index (χ0) is 16.7. The van der Waals surface area contributed by atoms with Crippen LogP contribution in [0.4, 0.5) is 0 Å². The minimum atomic E-state index is -0.566. The number of ether oxygens (including phenoxy) is 1. The van der Waals surface area contributed by atoms with Gasteiger partial charge in [-0.1, -0.05) is 13.8 Å². The van der Waals surface area contributed by atoms with Gasteiger partial charge in [-0.3, -0.25) is 0 Å². The fourth-order valence-corrected chi connectivity index (χ4v) is 8.14. The van der Waals surface area contributed by atoms with Gasteiger partial charge in [0.1, 0.15) is 6.10 Å². The van der Waals surface area contributed by atoms with Crippen molar-refractivity contribution in [2.75, 3.05) is 6.61 Å². The second kappa shape index (κ2) is 4.98. The Kier molecular flexibility index (Phi) is 3.34. The maximum Gasteiger partial charge on any atom is 0.110 e. The van der Waals surface area contributed by atoms with Gasteiger partial charge in [-0.15, -0.1) is 0 Å². The highest BCUT2D eigenvalue weighted by atomic mass is 16.6. The van der Waals surface area contributed by atoms with Crippen LogP contribution in [-0.4, -0.2) is 34.6 Å². The summed E-state index contributed by atoms with van der Waals surface area (Å²) >= 11 is 0. The van der Waals surface area contributed by atoms with Crippen molar-refractivity contribution in [1.82, 2.24) is 0 Å². The maximum atomic E-state index is 11.4. The molecule has 3 nitrogen and oxygen atoms in total. The summed E-state index contributed by atoms with van der Waals surface area (Å²) in [6, 6.07) is 0. The standard InChI is InChI=1S/C21H34O3/c1-19-8-5-14(22)11-13(19)3-4-15-16(19)6-9-20(2)17(15)7-10-21(20,23)18-12-24-18/h13-18,22-23H,3-12H2,1-2H3/t13-,14?,15+,16-,17-,18?,19-,20-,21-/m0/s1. The molecule has 0 aromatic rings. The predicted molar refractivity (Wildman–Crippen MR) is 92.4 cm³/mol. The second-order valence-corrected chi connectivity index (χ2v) is 10.3. The van der Waals surface area contributed by atoms with Gasteiger partial charge in [-0.2, -0.15) is 0 Å². The Morgan fingerprint density at radius 3 is 2.42 bits per heavy atom. The van der Waals surface area contributed by atoms with Gasteiger partial charge in [0.05, 0.1) is 18.3 Å². The Morgan fingerprint density at radius 2 is 1.67 bits per heavy atom. The fraction of sp³-hybridized carbons (Fsp3) is 1.00. The molecule has 4 aliphatic carbocycles. The zero-order valence-corrected chi connectivity index (χ0v) is 15.3. The average molecular weight is 335 g/mol. The summed E-state index contributed by atoms with van der Waals surface area (Å²) in [7, 11) is 0. The number of hydrogen-bond acceptors (Lipinski definition) is 3. The number of epoxide rings is 1. The average Bonchev–Trinajstić information content (AvgIpc) is 3.36. The van der Waals surface area contributed by atoms with Crippen LogP contribution in [0.5, 0.6) is 0 Å². The van der Waals surface area contributed by atoms with Crippen LogP contribution in [0.25, 0.3) is 0 Å². The van der Waals surface area contributed by atoms with Crippen LogP contribution in [0.1, 0.15) is 71.6 Å². The third kappa shape index (κ3) is 1.90. The highest BCUT2D eigenvalue weighted by molar-refractivity contribution is 5.17. The first-order valence-corrected chi connectivity index (χ1v) is 10.4. The minimum Gasteiger partial charge on any atom is -0.393 e. The van der Waals surface area contributed by atoms with Crippen LogP contribution >= 0.6 is 0 Å². The molecule has 2 N–H and O–H groups in total. The molecule has 3 heteroatoms. The van der Waals surface area contributed by atoms with E-state index in [4.69, 9.17) is 4.74 Å². The van der Waals surface area contributed by atoms with E-state index in [1.165, 1.54) is 38.5 Å². The largest absolute Gasteiger partial charge is 0.393 e. The Morgan fingerprint density at radius 1 is 0.917 bits per heavy atom. The lowest BCUT2D eigenvalue weighted by Gasteiger charge is -2.61. The SMILES string of the molecule is C[C@]12CCC(O)C[C@@H]1CC[C@@H]1[C@@H]2CC[C@@]2(C)[C@H]1CC[C@]2(O)C1CO1. The minimum absolute atomic E-state index is 0.0583. The summed E-state index contributed by atoms with van der Waals surface area (Å²) in [5.41, 5.74) is -0.0733. The molecule has 9 atom stereocenters. The van der Waals surface area contributed by atoms with E-state index in [1.807, 2.05) is 0 Å². The molecule has 0 aromatic heterocycles. The number of aliphatic hydroxyl groups excluding tert-OH is 1. The fourth-order valence-electron chi connectivity index (χ4n) is 8.14. The highest BCUT2D eigenvalue weighted by Gasteiger charge is 2.68. The molecule has 4 saturated carbocycles. The molecular weight excluding hydrogens is 300 g/mol. The van der Waals surface area contributed by atoms with Crippen molar-refractivity contribution in [1.29, 1.82) is 0 Å². The van der Waals surface area contributed by atoms with Crippen LogP contribution in [0.3, 0.4) is 0 Å². The van der Waals surface area contributed by atoms with Gasteiger partial charge in [0, 0.05) is 5.41 Å². The molecule has 136 valence electrons. The summed E-state index contributed by atoms with van der Waals surface area (Å²) in [6.07, 6.45) is 10.5. The van der Waals surface area contributed by atoms with E-state index in [-0.39, 0.29) is 17.6 Å². The molecule has 0 bridgehead atoms. The van der Waals surface area contributed by atoms with Crippen LogP contribution < -0.4 is 0 Å².